The van der Waals surface area contributed by atoms with Crippen LogP contribution in [0, 0.1) is 6.92 Å². The fourth-order valence-electron chi connectivity index (χ4n) is 1.67. The zero-order chi connectivity index (χ0) is 15.6. The van der Waals surface area contributed by atoms with Crippen LogP contribution in [0.5, 0.6) is 0 Å². The summed E-state index contributed by atoms with van der Waals surface area (Å²) in [6, 6.07) is 6.27. The molecule has 0 saturated carbocycles. The minimum atomic E-state index is -3.89. The first-order valence-electron chi connectivity index (χ1n) is 5.80. The Morgan fingerprint density at radius 1 is 1.33 bits per heavy atom. The third kappa shape index (κ3) is 3.20. The number of hydrogen-bond acceptors (Lipinski definition) is 5. The van der Waals surface area contributed by atoms with Crippen LogP contribution in [0.3, 0.4) is 0 Å². The number of rotatable bonds is 4. The molecule has 1 aromatic carbocycles. The van der Waals surface area contributed by atoms with Crippen molar-refractivity contribution in [1.82, 2.24) is 0 Å². The zero-order valence-electron chi connectivity index (χ0n) is 11.2. The van der Waals surface area contributed by atoms with Crippen LogP contribution in [0.15, 0.2) is 34.5 Å². The number of sulfonamides is 1. The van der Waals surface area contributed by atoms with E-state index in [0.29, 0.717) is 16.3 Å². The molecular weight excluding hydrogens is 334 g/mol. The van der Waals surface area contributed by atoms with Crippen molar-refractivity contribution in [3.63, 3.8) is 0 Å². The number of thiophene rings is 1. The van der Waals surface area contributed by atoms with Gasteiger partial charge in [-0.25, -0.2) is 13.2 Å². The van der Waals surface area contributed by atoms with Crippen molar-refractivity contribution in [1.29, 1.82) is 0 Å². The third-order valence-corrected chi connectivity index (χ3v) is 5.64. The molecule has 0 aliphatic rings. The Morgan fingerprint density at radius 3 is 2.71 bits per heavy atom. The first-order valence-corrected chi connectivity index (χ1v) is 8.54. The van der Waals surface area contributed by atoms with Gasteiger partial charge in [-0.2, -0.15) is 0 Å². The van der Waals surface area contributed by atoms with Crippen LogP contribution < -0.4 is 4.72 Å². The number of halogens is 1. The Bertz CT molecular complexity index is 783. The molecule has 0 bridgehead atoms. The molecule has 2 rings (SSSR count). The van der Waals surface area contributed by atoms with Gasteiger partial charge in [0.05, 0.1) is 12.8 Å². The largest absolute Gasteiger partial charge is 0.465 e. The standard InChI is InChI=1S/C13H12ClNO4S2/c1-8-9(14)4-3-5-10(8)15-21(17,18)11-6-7-20-12(11)13(16)19-2/h3-7,15H,1-2H3. The van der Waals surface area contributed by atoms with Gasteiger partial charge in [-0.3, -0.25) is 4.72 Å². The fourth-order valence-corrected chi connectivity index (χ4v) is 4.30. The van der Waals surface area contributed by atoms with Crippen LogP contribution in [0.25, 0.3) is 0 Å². The molecule has 0 amide bonds. The monoisotopic (exact) mass is 345 g/mol. The quantitative estimate of drug-likeness (QED) is 0.863. The van der Waals surface area contributed by atoms with Crippen molar-refractivity contribution in [3.8, 4) is 0 Å². The van der Waals surface area contributed by atoms with Crippen molar-refractivity contribution in [3.05, 3.63) is 45.1 Å². The maximum absolute atomic E-state index is 12.4. The van der Waals surface area contributed by atoms with Crippen molar-refractivity contribution >= 4 is 44.6 Å². The second-order valence-electron chi connectivity index (χ2n) is 4.12. The SMILES string of the molecule is COC(=O)c1sccc1S(=O)(=O)Nc1cccc(Cl)c1C. The van der Waals surface area contributed by atoms with E-state index < -0.39 is 16.0 Å². The number of esters is 1. The van der Waals surface area contributed by atoms with Gasteiger partial charge in [0, 0.05) is 5.02 Å². The summed E-state index contributed by atoms with van der Waals surface area (Å²) in [4.78, 5) is 11.5. The normalized spacial score (nSPS) is 11.2. The summed E-state index contributed by atoms with van der Waals surface area (Å²) in [5, 5.41) is 1.97. The molecular formula is C13H12ClNO4S2. The number of anilines is 1. The smallest absolute Gasteiger partial charge is 0.349 e. The molecule has 0 radical (unpaired) electrons. The number of methoxy groups -OCH3 is 1. The van der Waals surface area contributed by atoms with Crippen molar-refractivity contribution < 1.29 is 17.9 Å². The van der Waals surface area contributed by atoms with Crippen LogP contribution in [0.4, 0.5) is 5.69 Å². The van der Waals surface area contributed by atoms with Gasteiger partial charge >= 0.3 is 5.97 Å². The Morgan fingerprint density at radius 2 is 2.05 bits per heavy atom. The number of carbonyl (C=O) groups excluding carboxylic acids is 1. The van der Waals surface area contributed by atoms with E-state index in [0.717, 1.165) is 11.3 Å². The van der Waals surface area contributed by atoms with Crippen molar-refractivity contribution in [2.24, 2.45) is 0 Å². The van der Waals surface area contributed by atoms with Crippen LogP contribution in [-0.4, -0.2) is 21.5 Å². The molecule has 112 valence electrons. The van der Waals surface area contributed by atoms with Gasteiger partial charge in [-0.1, -0.05) is 17.7 Å². The highest BCUT2D eigenvalue weighted by atomic mass is 35.5. The summed E-state index contributed by atoms with van der Waals surface area (Å²) in [6.45, 7) is 1.70. The lowest BCUT2D eigenvalue weighted by atomic mass is 10.2. The number of nitrogens with one attached hydrogen (secondary N) is 1. The van der Waals surface area contributed by atoms with Gasteiger partial charge < -0.3 is 4.74 Å². The molecule has 8 heteroatoms. The van der Waals surface area contributed by atoms with E-state index in [1.165, 1.54) is 18.6 Å². The average Bonchev–Trinajstić information content (AvgIpc) is 2.93. The fraction of sp³-hybridized carbons (Fsp3) is 0.154. The number of hydrogen-bond donors (Lipinski definition) is 1. The molecule has 21 heavy (non-hydrogen) atoms. The summed E-state index contributed by atoms with van der Waals surface area (Å²) in [7, 11) is -2.69. The maximum Gasteiger partial charge on any atom is 0.349 e. The molecule has 1 N–H and O–H groups in total. The van der Waals surface area contributed by atoms with E-state index >= 15 is 0 Å². The van der Waals surface area contributed by atoms with E-state index in [-0.39, 0.29) is 9.77 Å². The number of benzene rings is 1. The Labute approximate surface area is 131 Å². The minimum Gasteiger partial charge on any atom is -0.465 e. The van der Waals surface area contributed by atoms with Crippen molar-refractivity contribution in [2.75, 3.05) is 11.8 Å². The zero-order valence-corrected chi connectivity index (χ0v) is 13.6. The molecule has 5 nitrogen and oxygen atoms in total. The predicted molar refractivity (Wildman–Crippen MR) is 82.7 cm³/mol. The molecule has 2 aromatic rings. The van der Waals surface area contributed by atoms with Gasteiger partial charge in [0.25, 0.3) is 10.0 Å². The van der Waals surface area contributed by atoms with E-state index in [1.807, 2.05) is 0 Å². The lowest BCUT2D eigenvalue weighted by molar-refractivity contribution is 0.0602. The minimum absolute atomic E-state index is 0.0321. The van der Waals surface area contributed by atoms with Gasteiger partial charge in [-0.15, -0.1) is 11.3 Å². The molecule has 0 unspecified atom stereocenters. The van der Waals surface area contributed by atoms with E-state index in [9.17, 15) is 13.2 Å². The van der Waals surface area contributed by atoms with E-state index in [1.54, 1.807) is 25.1 Å². The van der Waals surface area contributed by atoms with Crippen molar-refractivity contribution in [2.45, 2.75) is 11.8 Å². The lowest BCUT2D eigenvalue weighted by Gasteiger charge is -2.11. The average molecular weight is 346 g/mol. The molecule has 0 aliphatic carbocycles. The summed E-state index contributed by atoms with van der Waals surface area (Å²) < 4.78 is 31.8. The summed E-state index contributed by atoms with van der Waals surface area (Å²) >= 11 is 6.97. The summed E-state index contributed by atoms with van der Waals surface area (Å²) in [5.74, 6) is -0.687. The predicted octanol–water partition coefficient (Wildman–Crippen LogP) is 3.30. The molecule has 1 heterocycles. The summed E-state index contributed by atoms with van der Waals surface area (Å²) in [5.41, 5.74) is 0.974. The Balaban J connectivity index is 2.42. The lowest BCUT2D eigenvalue weighted by Crippen LogP contribution is -2.16. The highest BCUT2D eigenvalue weighted by Crippen LogP contribution is 2.28. The highest BCUT2D eigenvalue weighted by Gasteiger charge is 2.25. The molecule has 0 aliphatic heterocycles. The molecule has 0 fully saturated rings. The molecule has 0 spiro atoms. The van der Waals surface area contributed by atoms with Crippen LogP contribution in [-0.2, 0) is 14.8 Å². The molecule has 0 saturated heterocycles. The second kappa shape index (κ2) is 6.05. The van der Waals surface area contributed by atoms with Gasteiger partial charge in [0.15, 0.2) is 0 Å². The Kier molecular flexibility index (Phi) is 4.55. The maximum atomic E-state index is 12.4. The third-order valence-electron chi connectivity index (χ3n) is 2.80. The van der Waals surface area contributed by atoms with Crippen LogP contribution >= 0.6 is 22.9 Å². The number of ether oxygens (including phenoxy) is 1. The van der Waals surface area contributed by atoms with E-state index in [4.69, 9.17) is 11.6 Å². The highest BCUT2D eigenvalue weighted by molar-refractivity contribution is 7.93. The number of carbonyl (C=O) groups is 1. The van der Waals surface area contributed by atoms with Crippen LogP contribution in [0.2, 0.25) is 5.02 Å². The summed E-state index contributed by atoms with van der Waals surface area (Å²) in [6.07, 6.45) is 0. The van der Waals surface area contributed by atoms with Gasteiger partial charge in [0.1, 0.15) is 9.77 Å². The Hall–Kier alpha value is -1.57. The van der Waals surface area contributed by atoms with E-state index in [2.05, 4.69) is 9.46 Å². The van der Waals surface area contributed by atoms with Gasteiger partial charge in [0.2, 0.25) is 0 Å². The second-order valence-corrected chi connectivity index (χ2v) is 7.10. The first-order chi connectivity index (χ1) is 9.86. The van der Waals surface area contributed by atoms with Gasteiger partial charge in [-0.05, 0) is 36.1 Å². The molecule has 0 atom stereocenters. The van der Waals surface area contributed by atoms with Crippen LogP contribution in [0.1, 0.15) is 15.2 Å². The topological polar surface area (TPSA) is 72.5 Å². The molecule has 1 aromatic heterocycles. The first kappa shape index (κ1) is 15.8.